The van der Waals surface area contributed by atoms with Gasteiger partial charge < -0.3 is 10.6 Å². The van der Waals surface area contributed by atoms with E-state index in [1.807, 2.05) is 24.0 Å². The van der Waals surface area contributed by atoms with E-state index < -0.39 is 0 Å². The van der Waals surface area contributed by atoms with E-state index in [2.05, 4.69) is 15.7 Å². The highest BCUT2D eigenvalue weighted by Crippen LogP contribution is 2.01. The van der Waals surface area contributed by atoms with E-state index in [1.165, 1.54) is 0 Å². The van der Waals surface area contributed by atoms with Crippen LogP contribution in [0.3, 0.4) is 0 Å². The molecule has 2 N–H and O–H groups in total. The fourth-order valence-corrected chi connectivity index (χ4v) is 1.50. The maximum absolute atomic E-state index is 11.4. The van der Waals surface area contributed by atoms with E-state index >= 15 is 0 Å². The minimum absolute atomic E-state index is 0. The topological polar surface area (TPSA) is 59.0 Å². The van der Waals surface area contributed by atoms with Crippen LogP contribution in [0.2, 0.25) is 0 Å². The molecule has 2 rings (SSSR count). The molecule has 0 aromatic carbocycles. The van der Waals surface area contributed by atoms with E-state index in [0.717, 1.165) is 25.2 Å². The minimum Gasteiger partial charge on any atom is -0.354 e. The fraction of sp³-hybridized carbons (Fsp3) is 0.600. The number of nitrogens with zero attached hydrogens (tertiary/aromatic N) is 2. The lowest BCUT2D eigenvalue weighted by molar-refractivity contribution is -0.126. The van der Waals surface area contributed by atoms with E-state index in [1.54, 1.807) is 0 Å². The third-order valence-corrected chi connectivity index (χ3v) is 2.55. The predicted molar refractivity (Wildman–Crippen MR) is 63.6 cm³/mol. The number of halogens is 1. The second-order valence-electron chi connectivity index (χ2n) is 3.93. The number of carbonyl (C=O) groups is 1. The van der Waals surface area contributed by atoms with Gasteiger partial charge in [0.2, 0.25) is 5.91 Å². The number of hydrogen-bond acceptors (Lipinski definition) is 3. The Hall–Kier alpha value is -1.07. The third kappa shape index (κ3) is 3.21. The summed E-state index contributed by atoms with van der Waals surface area (Å²) in [5, 5.41) is 10.1. The lowest BCUT2D eigenvalue weighted by Gasteiger charge is -2.25. The van der Waals surface area contributed by atoms with Crippen LogP contribution < -0.4 is 10.6 Å². The van der Waals surface area contributed by atoms with E-state index in [0.29, 0.717) is 6.54 Å². The van der Waals surface area contributed by atoms with Crippen molar-refractivity contribution in [2.45, 2.75) is 13.5 Å². The quantitative estimate of drug-likeness (QED) is 0.781. The second kappa shape index (κ2) is 5.86. The van der Waals surface area contributed by atoms with Crippen molar-refractivity contribution < 1.29 is 4.79 Å². The average Bonchev–Trinajstić information content (AvgIpc) is 2.48. The molecule has 2 heterocycles. The zero-order valence-electron chi connectivity index (χ0n) is 9.27. The first-order valence-electron chi connectivity index (χ1n) is 5.23. The van der Waals surface area contributed by atoms with E-state index in [9.17, 15) is 4.79 Å². The van der Waals surface area contributed by atoms with Crippen LogP contribution in [-0.2, 0) is 11.3 Å². The number of aryl methyl sites for hydroxylation is 1. The molecule has 16 heavy (non-hydrogen) atoms. The number of amides is 1. The number of hydrogen-bond donors (Lipinski definition) is 2. The van der Waals surface area contributed by atoms with Crippen LogP contribution in [0.4, 0.5) is 0 Å². The highest BCUT2D eigenvalue weighted by atomic mass is 35.5. The van der Waals surface area contributed by atoms with Crippen molar-refractivity contribution in [1.29, 1.82) is 0 Å². The van der Waals surface area contributed by atoms with Gasteiger partial charge in [-0.1, -0.05) is 0 Å². The van der Waals surface area contributed by atoms with Gasteiger partial charge in [-0.05, 0) is 12.5 Å². The van der Waals surface area contributed by atoms with Crippen LogP contribution in [0.5, 0.6) is 0 Å². The molecule has 0 atom stereocenters. The average molecular weight is 245 g/mol. The van der Waals surface area contributed by atoms with Gasteiger partial charge in [-0.15, -0.1) is 12.4 Å². The fourth-order valence-electron chi connectivity index (χ4n) is 1.50. The zero-order valence-corrected chi connectivity index (χ0v) is 10.1. The molecule has 1 aromatic heterocycles. The second-order valence-corrected chi connectivity index (χ2v) is 3.93. The van der Waals surface area contributed by atoms with E-state index in [4.69, 9.17) is 0 Å². The lowest BCUT2D eigenvalue weighted by atomic mass is 10.0. The first-order valence-corrected chi connectivity index (χ1v) is 5.23. The largest absolute Gasteiger partial charge is 0.354 e. The number of carbonyl (C=O) groups excluding carboxylic acids is 1. The van der Waals surface area contributed by atoms with Crippen molar-refractivity contribution in [3.63, 3.8) is 0 Å². The Morgan fingerprint density at radius 3 is 2.94 bits per heavy atom. The number of aromatic nitrogens is 2. The van der Waals surface area contributed by atoms with Gasteiger partial charge in [0.25, 0.3) is 0 Å². The summed E-state index contributed by atoms with van der Waals surface area (Å²) in [7, 11) is 0. The molecule has 1 saturated heterocycles. The third-order valence-electron chi connectivity index (χ3n) is 2.55. The first kappa shape index (κ1) is 13.0. The SMILES string of the molecule is Cc1cnn(CCNC(=O)C2CNC2)c1.Cl. The molecule has 0 saturated carbocycles. The van der Waals surface area contributed by atoms with Gasteiger partial charge in [0.15, 0.2) is 0 Å². The molecule has 0 unspecified atom stereocenters. The van der Waals surface area contributed by atoms with Crippen molar-refractivity contribution in [3.8, 4) is 0 Å². The molecule has 0 bridgehead atoms. The van der Waals surface area contributed by atoms with Crippen LogP contribution in [0, 0.1) is 12.8 Å². The van der Waals surface area contributed by atoms with Crippen molar-refractivity contribution in [2.24, 2.45) is 5.92 Å². The summed E-state index contributed by atoms with van der Waals surface area (Å²) in [4.78, 5) is 11.4. The number of rotatable bonds is 4. The summed E-state index contributed by atoms with van der Waals surface area (Å²) in [5.74, 6) is 0.321. The first-order chi connectivity index (χ1) is 7.25. The molecule has 1 aliphatic rings. The van der Waals surface area contributed by atoms with Gasteiger partial charge in [0.1, 0.15) is 0 Å². The molecule has 1 aromatic rings. The van der Waals surface area contributed by atoms with Gasteiger partial charge >= 0.3 is 0 Å². The Bertz CT molecular complexity index is 348. The minimum atomic E-state index is 0. The molecule has 1 aliphatic heterocycles. The van der Waals surface area contributed by atoms with Gasteiger partial charge in [-0.25, -0.2) is 0 Å². The normalized spacial score (nSPS) is 15.1. The summed E-state index contributed by atoms with van der Waals surface area (Å²) in [6.07, 6.45) is 3.79. The smallest absolute Gasteiger partial charge is 0.225 e. The highest BCUT2D eigenvalue weighted by molar-refractivity contribution is 5.85. The standard InChI is InChI=1S/C10H16N4O.ClH/c1-8-4-13-14(7-8)3-2-12-10(15)9-5-11-6-9;/h4,7,9,11H,2-3,5-6H2,1H3,(H,12,15);1H. The Morgan fingerprint density at radius 1 is 1.69 bits per heavy atom. The Kier molecular flexibility index (Phi) is 4.76. The molecule has 1 fully saturated rings. The molecule has 0 aliphatic carbocycles. The molecule has 5 nitrogen and oxygen atoms in total. The summed E-state index contributed by atoms with van der Waals surface area (Å²) >= 11 is 0. The molecular weight excluding hydrogens is 228 g/mol. The van der Waals surface area contributed by atoms with Crippen molar-refractivity contribution in [1.82, 2.24) is 20.4 Å². The van der Waals surface area contributed by atoms with Crippen LogP contribution in [0.1, 0.15) is 5.56 Å². The van der Waals surface area contributed by atoms with Crippen molar-refractivity contribution in [3.05, 3.63) is 18.0 Å². The van der Waals surface area contributed by atoms with Gasteiger partial charge in [-0.2, -0.15) is 5.10 Å². The Labute approximate surface area is 101 Å². The Morgan fingerprint density at radius 2 is 2.44 bits per heavy atom. The van der Waals surface area contributed by atoms with Crippen LogP contribution in [0.15, 0.2) is 12.4 Å². The van der Waals surface area contributed by atoms with E-state index in [-0.39, 0.29) is 24.2 Å². The van der Waals surface area contributed by atoms with Gasteiger partial charge in [0, 0.05) is 25.8 Å². The Balaban J connectivity index is 0.00000128. The molecular formula is C10H17ClN4O. The van der Waals surface area contributed by atoms with Crippen molar-refractivity contribution in [2.75, 3.05) is 19.6 Å². The molecule has 0 spiro atoms. The molecule has 90 valence electrons. The van der Waals surface area contributed by atoms with Crippen LogP contribution in [-0.4, -0.2) is 35.3 Å². The highest BCUT2D eigenvalue weighted by Gasteiger charge is 2.23. The zero-order chi connectivity index (χ0) is 10.7. The maximum Gasteiger partial charge on any atom is 0.225 e. The summed E-state index contributed by atoms with van der Waals surface area (Å²) in [5.41, 5.74) is 1.14. The molecule has 1 amide bonds. The maximum atomic E-state index is 11.4. The van der Waals surface area contributed by atoms with Gasteiger partial charge in [0.05, 0.1) is 18.7 Å². The summed E-state index contributed by atoms with van der Waals surface area (Å²) in [6.45, 7) is 5.01. The van der Waals surface area contributed by atoms with Crippen LogP contribution >= 0.6 is 12.4 Å². The monoisotopic (exact) mass is 244 g/mol. The predicted octanol–water partition coefficient (Wildman–Crippen LogP) is -0.0511. The van der Waals surface area contributed by atoms with Crippen LogP contribution in [0.25, 0.3) is 0 Å². The lowest BCUT2D eigenvalue weighted by Crippen LogP contribution is -2.51. The summed E-state index contributed by atoms with van der Waals surface area (Å²) < 4.78 is 1.84. The summed E-state index contributed by atoms with van der Waals surface area (Å²) in [6, 6.07) is 0. The van der Waals surface area contributed by atoms with Gasteiger partial charge in [-0.3, -0.25) is 9.48 Å². The van der Waals surface area contributed by atoms with Crippen molar-refractivity contribution >= 4 is 18.3 Å². The molecule has 6 heteroatoms. The molecule has 0 radical (unpaired) electrons. The number of nitrogens with one attached hydrogen (secondary N) is 2.